The number of rotatable bonds is 11. The minimum atomic E-state index is -2.35. The van der Waals surface area contributed by atoms with Gasteiger partial charge in [0.1, 0.15) is 0 Å². The van der Waals surface area contributed by atoms with Crippen molar-refractivity contribution in [1.82, 2.24) is 5.06 Å². The second-order valence-corrected chi connectivity index (χ2v) is 9.39. The molecule has 1 aliphatic carbocycles. The summed E-state index contributed by atoms with van der Waals surface area (Å²) in [6.07, 6.45) is 7.43. The van der Waals surface area contributed by atoms with E-state index in [-0.39, 0.29) is 18.8 Å². The van der Waals surface area contributed by atoms with Gasteiger partial charge in [-0.1, -0.05) is 45.4 Å². The zero-order valence-corrected chi connectivity index (χ0v) is 20.3. The SMILES string of the molecule is CCC[C@@H]([C@@H](CC1CCCCC1)C(=O)Oc1c(F)c(F)c(F)c(F)c1F)N(C=O)OC1CCCCO1. The standard InChI is InChI=1S/C25H32F5NO5/c1-2-8-17(31(14-32)36-18-11-6-7-12-34-18)16(13-15-9-4-3-5-10-15)25(33)35-24-22(29)20(27)19(26)21(28)23(24)30/h14-18H,2-13H2,1H3/t16-,17+,18?/m1/s1. The molecule has 1 unspecified atom stereocenters. The number of carbonyl (C=O) groups is 2. The highest BCUT2D eigenvalue weighted by atomic mass is 19.2. The quantitative estimate of drug-likeness (QED) is 0.0684. The molecule has 2 aliphatic rings. The Bertz CT molecular complexity index is 876. The second-order valence-electron chi connectivity index (χ2n) is 9.39. The molecule has 1 heterocycles. The Morgan fingerprint density at radius 3 is 2.14 bits per heavy atom. The average molecular weight is 522 g/mol. The van der Waals surface area contributed by atoms with Gasteiger partial charge in [-0.05, 0) is 31.6 Å². The first-order valence-electron chi connectivity index (χ1n) is 12.5. The smallest absolute Gasteiger partial charge is 0.316 e. The van der Waals surface area contributed by atoms with Crippen LogP contribution in [0, 0.1) is 40.9 Å². The molecule has 0 spiro atoms. The van der Waals surface area contributed by atoms with E-state index >= 15 is 0 Å². The normalized spacial score (nSPS) is 20.6. The Hall–Kier alpha value is -2.27. The fraction of sp³-hybridized carbons (Fsp3) is 0.680. The third kappa shape index (κ3) is 6.73. The first-order chi connectivity index (χ1) is 17.3. The van der Waals surface area contributed by atoms with E-state index < -0.39 is 59.1 Å². The number of nitrogens with zero attached hydrogens (tertiary/aromatic N) is 1. The molecule has 202 valence electrons. The number of hydrogen-bond acceptors (Lipinski definition) is 5. The number of hydrogen-bond donors (Lipinski definition) is 0. The predicted octanol–water partition coefficient (Wildman–Crippen LogP) is 5.96. The molecule has 0 bridgehead atoms. The summed E-state index contributed by atoms with van der Waals surface area (Å²) in [4.78, 5) is 31.1. The maximum absolute atomic E-state index is 14.3. The minimum absolute atomic E-state index is 0.0615. The van der Waals surface area contributed by atoms with Crippen molar-refractivity contribution in [3.8, 4) is 5.75 Å². The summed E-state index contributed by atoms with van der Waals surface area (Å²) in [6.45, 7) is 2.27. The van der Waals surface area contributed by atoms with Gasteiger partial charge in [0.15, 0.2) is 6.29 Å². The topological polar surface area (TPSA) is 65.1 Å². The third-order valence-corrected chi connectivity index (χ3v) is 6.84. The van der Waals surface area contributed by atoms with Gasteiger partial charge in [-0.2, -0.15) is 8.78 Å². The molecule has 2 fully saturated rings. The lowest BCUT2D eigenvalue weighted by Gasteiger charge is -2.37. The Balaban J connectivity index is 1.92. The van der Waals surface area contributed by atoms with Crippen LogP contribution in [-0.2, 0) is 19.2 Å². The van der Waals surface area contributed by atoms with Crippen LogP contribution in [0.4, 0.5) is 22.0 Å². The lowest BCUT2D eigenvalue weighted by molar-refractivity contribution is -0.290. The Labute approximate surface area is 207 Å². The van der Waals surface area contributed by atoms with Crippen molar-refractivity contribution >= 4 is 12.4 Å². The van der Waals surface area contributed by atoms with Gasteiger partial charge in [0.05, 0.1) is 12.0 Å². The summed E-state index contributed by atoms with van der Waals surface area (Å²) in [7, 11) is 0. The van der Waals surface area contributed by atoms with Crippen molar-refractivity contribution in [2.75, 3.05) is 6.61 Å². The largest absolute Gasteiger partial charge is 0.420 e. The van der Waals surface area contributed by atoms with Crippen molar-refractivity contribution in [3.63, 3.8) is 0 Å². The van der Waals surface area contributed by atoms with Crippen molar-refractivity contribution in [3.05, 3.63) is 29.1 Å². The number of benzene rings is 1. The van der Waals surface area contributed by atoms with E-state index in [1.54, 1.807) is 0 Å². The lowest BCUT2D eigenvalue weighted by atomic mass is 9.79. The molecule has 11 heteroatoms. The van der Waals surface area contributed by atoms with Gasteiger partial charge in [-0.3, -0.25) is 9.59 Å². The maximum Gasteiger partial charge on any atom is 0.316 e. The first-order valence-corrected chi connectivity index (χ1v) is 12.5. The molecule has 3 rings (SSSR count). The minimum Gasteiger partial charge on any atom is -0.420 e. The van der Waals surface area contributed by atoms with Crippen molar-refractivity contribution in [2.45, 2.75) is 89.9 Å². The van der Waals surface area contributed by atoms with E-state index in [1.807, 2.05) is 6.92 Å². The summed E-state index contributed by atoms with van der Waals surface area (Å²) in [6, 6.07) is -0.895. The van der Waals surface area contributed by atoms with E-state index in [0.29, 0.717) is 25.9 Å². The zero-order valence-electron chi connectivity index (χ0n) is 20.3. The average Bonchev–Trinajstić information content (AvgIpc) is 2.90. The zero-order chi connectivity index (χ0) is 26.2. The molecule has 1 saturated heterocycles. The van der Waals surface area contributed by atoms with Gasteiger partial charge >= 0.3 is 5.97 Å². The summed E-state index contributed by atoms with van der Waals surface area (Å²) >= 11 is 0. The lowest BCUT2D eigenvalue weighted by Crippen LogP contribution is -2.47. The number of ether oxygens (including phenoxy) is 2. The highest BCUT2D eigenvalue weighted by molar-refractivity contribution is 5.76. The van der Waals surface area contributed by atoms with Crippen LogP contribution in [-0.4, -0.2) is 36.4 Å². The molecule has 3 atom stereocenters. The molecule has 36 heavy (non-hydrogen) atoms. The third-order valence-electron chi connectivity index (χ3n) is 6.84. The van der Waals surface area contributed by atoms with Gasteiger partial charge in [0, 0.05) is 13.0 Å². The molecule has 1 aromatic carbocycles. The number of hydroxylamine groups is 2. The van der Waals surface area contributed by atoms with Gasteiger partial charge in [0.25, 0.3) is 0 Å². The Morgan fingerprint density at radius 2 is 1.58 bits per heavy atom. The number of carbonyl (C=O) groups excluding carboxylic acids is 2. The molecule has 0 radical (unpaired) electrons. The predicted molar refractivity (Wildman–Crippen MR) is 118 cm³/mol. The fourth-order valence-corrected chi connectivity index (χ4v) is 4.96. The van der Waals surface area contributed by atoms with E-state index in [4.69, 9.17) is 14.3 Å². The van der Waals surface area contributed by atoms with Crippen LogP contribution in [0.3, 0.4) is 0 Å². The van der Waals surface area contributed by atoms with Crippen LogP contribution < -0.4 is 4.74 Å². The molecular weight excluding hydrogens is 489 g/mol. The fourth-order valence-electron chi connectivity index (χ4n) is 4.96. The van der Waals surface area contributed by atoms with E-state index in [9.17, 15) is 31.5 Å². The molecule has 6 nitrogen and oxygen atoms in total. The molecule has 1 aromatic rings. The van der Waals surface area contributed by atoms with Crippen LogP contribution in [0.1, 0.15) is 77.6 Å². The van der Waals surface area contributed by atoms with Gasteiger partial charge < -0.3 is 9.47 Å². The molecule has 1 amide bonds. The number of esters is 1. The summed E-state index contributed by atoms with van der Waals surface area (Å²) < 4.78 is 79.8. The van der Waals surface area contributed by atoms with Crippen molar-refractivity contribution in [2.24, 2.45) is 11.8 Å². The highest BCUT2D eigenvalue weighted by Crippen LogP contribution is 2.35. The second kappa shape index (κ2) is 13.3. The molecule has 1 saturated carbocycles. The van der Waals surface area contributed by atoms with Gasteiger partial charge in [-0.25, -0.2) is 23.1 Å². The monoisotopic (exact) mass is 521 g/mol. The van der Waals surface area contributed by atoms with Crippen molar-refractivity contribution < 1.29 is 45.9 Å². The van der Waals surface area contributed by atoms with Crippen LogP contribution in [0.15, 0.2) is 0 Å². The van der Waals surface area contributed by atoms with E-state index in [0.717, 1.165) is 50.0 Å². The summed E-state index contributed by atoms with van der Waals surface area (Å²) in [5, 5.41) is 0.979. The van der Waals surface area contributed by atoms with Gasteiger partial charge in [0.2, 0.25) is 41.2 Å². The molecule has 0 aromatic heterocycles. The van der Waals surface area contributed by atoms with E-state index in [2.05, 4.69) is 0 Å². The maximum atomic E-state index is 14.3. The summed E-state index contributed by atoms with van der Waals surface area (Å²) in [5.74, 6) is -15.2. The molecule has 0 N–H and O–H groups in total. The Morgan fingerprint density at radius 1 is 0.972 bits per heavy atom. The summed E-state index contributed by atoms with van der Waals surface area (Å²) in [5.41, 5.74) is 0. The van der Waals surface area contributed by atoms with Gasteiger partial charge in [-0.15, -0.1) is 0 Å². The number of halogens is 5. The number of amides is 1. The molecule has 1 aliphatic heterocycles. The Kier molecular flexibility index (Phi) is 10.5. The van der Waals surface area contributed by atoms with Crippen LogP contribution in [0.5, 0.6) is 5.75 Å². The van der Waals surface area contributed by atoms with Crippen LogP contribution in [0.2, 0.25) is 0 Å². The van der Waals surface area contributed by atoms with Crippen LogP contribution >= 0.6 is 0 Å². The van der Waals surface area contributed by atoms with Crippen molar-refractivity contribution in [1.29, 1.82) is 0 Å². The van der Waals surface area contributed by atoms with E-state index in [1.165, 1.54) is 0 Å². The first kappa shape index (κ1) is 28.3. The molecular formula is C25H32F5NO5. The highest BCUT2D eigenvalue weighted by Gasteiger charge is 2.39. The van der Waals surface area contributed by atoms with Crippen LogP contribution in [0.25, 0.3) is 0 Å².